The van der Waals surface area contributed by atoms with E-state index in [4.69, 9.17) is 0 Å². The highest BCUT2D eigenvalue weighted by Gasteiger charge is 2.50. The highest BCUT2D eigenvalue weighted by atomic mass is 16.2. The summed E-state index contributed by atoms with van der Waals surface area (Å²) in [5, 5.41) is 0. The van der Waals surface area contributed by atoms with Crippen LogP contribution in [-0.4, -0.2) is 23.6 Å². The summed E-state index contributed by atoms with van der Waals surface area (Å²) in [6.45, 7) is 17.9. The maximum atomic E-state index is 16.0. The standard InChI is InChI=1S/C88H68N6O4/c1-85(2)57-25-9-17-33-65(57)91(66-34-18-10-26-58(66)85)73-49-50-74(92-67-35-19-11-27-59(67)86(3,4)60-28-12-20-36-68(60)92)78-77(73)81(95)89(82(78)96)55-45-41-53(42-46-55)54-43-47-56(48-44-54)90-83(97)79-75(93-69-37-21-13-29-61(69)87(5,6)62-30-14-22-38-70(62)93)51-52-76(80(79)84(90)98)94-71-39-23-15-31-63(71)88(7,8)64-32-16-24-40-72(64)94/h9-52H,1-8H3. The molecule has 6 heterocycles. The number of hydrogen-bond acceptors (Lipinski definition) is 8. The zero-order valence-corrected chi connectivity index (χ0v) is 55.7. The molecule has 0 radical (unpaired) electrons. The lowest BCUT2D eigenvalue weighted by atomic mass is 9.73. The van der Waals surface area contributed by atoms with Gasteiger partial charge in [-0.25, -0.2) is 9.80 Å². The monoisotopic (exact) mass is 1270 g/mol. The molecule has 6 aliphatic heterocycles. The van der Waals surface area contributed by atoms with Crippen LogP contribution in [0.2, 0.25) is 0 Å². The summed E-state index contributed by atoms with van der Waals surface area (Å²) in [5.74, 6) is -1.72. The molecule has 0 saturated carbocycles. The zero-order chi connectivity index (χ0) is 67.1. The molecule has 0 N–H and O–H groups in total. The van der Waals surface area contributed by atoms with Crippen molar-refractivity contribution in [3.05, 3.63) is 334 Å². The fourth-order valence-corrected chi connectivity index (χ4v) is 17.2. The van der Waals surface area contributed by atoms with Crippen molar-refractivity contribution in [2.24, 2.45) is 0 Å². The summed E-state index contributed by atoms with van der Waals surface area (Å²) in [5.41, 5.74) is 21.0. The van der Waals surface area contributed by atoms with Crippen LogP contribution in [0.3, 0.4) is 0 Å². The first kappa shape index (κ1) is 58.7. The van der Waals surface area contributed by atoms with E-state index in [9.17, 15) is 0 Å². The number of amides is 4. The van der Waals surface area contributed by atoms with E-state index < -0.39 is 23.6 Å². The lowest BCUT2D eigenvalue weighted by Crippen LogP contribution is -2.32. The zero-order valence-electron chi connectivity index (χ0n) is 55.7. The Labute approximate surface area is 570 Å². The number of rotatable bonds is 7. The number of fused-ring (bicyclic) bond motifs is 10. The van der Waals surface area contributed by atoms with Gasteiger partial charge in [0.05, 0.1) is 102 Å². The largest absolute Gasteiger partial charge is 0.309 e. The van der Waals surface area contributed by atoms with Crippen molar-refractivity contribution in [2.75, 3.05) is 29.4 Å². The Bertz CT molecular complexity index is 4660. The second-order valence-electron chi connectivity index (χ2n) is 28.7. The van der Waals surface area contributed by atoms with Crippen molar-refractivity contribution in [1.29, 1.82) is 0 Å². The fraction of sp³-hybridized carbons (Fsp3) is 0.136. The van der Waals surface area contributed by atoms with Crippen molar-refractivity contribution in [3.63, 3.8) is 0 Å². The van der Waals surface area contributed by atoms with Crippen LogP contribution in [0.15, 0.2) is 267 Å². The van der Waals surface area contributed by atoms with E-state index in [1.165, 1.54) is 9.80 Å². The number of carbonyl (C=O) groups excluding carboxylic acids is 4. The van der Waals surface area contributed by atoms with Crippen LogP contribution in [0, 0.1) is 0 Å². The quantitative estimate of drug-likeness (QED) is 0.146. The van der Waals surface area contributed by atoms with E-state index in [0.29, 0.717) is 56.4 Å². The Morgan fingerprint density at radius 2 is 0.347 bits per heavy atom. The first-order valence-corrected chi connectivity index (χ1v) is 33.7. The molecule has 0 unspecified atom stereocenters. The van der Waals surface area contributed by atoms with Crippen molar-refractivity contribution in [3.8, 4) is 11.1 Å². The van der Waals surface area contributed by atoms with Gasteiger partial charge in [-0.05, 0) is 153 Å². The molecule has 0 spiro atoms. The number of nitrogens with zero attached hydrogens (tertiary/aromatic N) is 6. The van der Waals surface area contributed by atoms with Gasteiger partial charge in [-0.1, -0.05) is 225 Å². The molecule has 0 bridgehead atoms. The second kappa shape index (κ2) is 20.8. The molecule has 0 aromatic heterocycles. The Morgan fingerprint density at radius 1 is 0.184 bits per heavy atom. The molecule has 12 aromatic rings. The highest BCUT2D eigenvalue weighted by Crippen LogP contribution is 2.60. The molecule has 0 fully saturated rings. The van der Waals surface area contributed by atoms with Crippen LogP contribution in [0.5, 0.6) is 0 Å². The highest BCUT2D eigenvalue weighted by molar-refractivity contribution is 6.39. The molecule has 10 heteroatoms. The minimum absolute atomic E-state index is 0.313. The smallest absolute Gasteiger partial charge is 0.268 e. The fourth-order valence-electron chi connectivity index (χ4n) is 17.2. The van der Waals surface area contributed by atoms with Gasteiger partial charge < -0.3 is 19.6 Å². The molecule has 18 rings (SSSR count). The normalized spacial score (nSPS) is 16.7. The molecule has 6 aliphatic rings. The first-order chi connectivity index (χ1) is 47.4. The predicted molar refractivity (Wildman–Crippen MR) is 394 cm³/mol. The van der Waals surface area contributed by atoms with Gasteiger partial charge in [0, 0.05) is 21.7 Å². The number of benzene rings is 12. The second-order valence-corrected chi connectivity index (χ2v) is 28.7. The van der Waals surface area contributed by atoms with Crippen molar-refractivity contribution < 1.29 is 19.2 Å². The van der Waals surface area contributed by atoms with Crippen LogP contribution >= 0.6 is 0 Å². The molecule has 98 heavy (non-hydrogen) atoms. The SMILES string of the molecule is CC1(C)c2ccccc2N(c2ccc(N3c4ccccc4C(C)(C)c4ccccc43)c3c2C(=O)N(c2ccc(-c4ccc(N5C(=O)c6c(N7c8ccccc8C(C)(C)c8ccccc87)ccc(N7c8ccccc8C(C)(C)c8ccccc87)c6C5=O)cc4)cc2)C3=O)c2ccccc21. The third-order valence-electron chi connectivity index (χ3n) is 22.1. The van der Waals surface area contributed by atoms with Gasteiger partial charge in [-0.2, -0.15) is 0 Å². The Balaban J connectivity index is 0.735. The van der Waals surface area contributed by atoms with Gasteiger partial charge in [0.1, 0.15) is 0 Å². The summed E-state index contributed by atoms with van der Waals surface area (Å²) >= 11 is 0. The van der Waals surface area contributed by atoms with Crippen LogP contribution in [0.4, 0.5) is 79.6 Å². The lowest BCUT2D eigenvalue weighted by molar-refractivity contribution is 0.0910. The Kier molecular flexibility index (Phi) is 12.5. The molecule has 0 atom stereocenters. The maximum absolute atomic E-state index is 16.0. The third-order valence-corrected chi connectivity index (χ3v) is 22.1. The average molecular weight is 1270 g/mol. The summed E-state index contributed by atoms with van der Waals surface area (Å²) in [4.78, 5) is 75.3. The molecular weight excluding hydrogens is 1210 g/mol. The maximum Gasteiger partial charge on any atom is 0.268 e. The van der Waals surface area contributed by atoms with Crippen LogP contribution in [-0.2, 0) is 21.7 Å². The van der Waals surface area contributed by atoms with Crippen LogP contribution < -0.4 is 29.4 Å². The molecule has 0 saturated heterocycles. The minimum atomic E-state index is -0.431. The van der Waals surface area contributed by atoms with Gasteiger partial charge in [0.15, 0.2) is 0 Å². The molecular formula is C88H68N6O4. The van der Waals surface area contributed by atoms with Gasteiger partial charge >= 0.3 is 0 Å². The van der Waals surface area contributed by atoms with Crippen molar-refractivity contribution in [1.82, 2.24) is 0 Å². The van der Waals surface area contributed by atoms with Crippen molar-refractivity contribution >= 4 is 103 Å². The van der Waals surface area contributed by atoms with E-state index >= 15 is 19.2 Å². The summed E-state index contributed by atoms with van der Waals surface area (Å²) in [7, 11) is 0. The third kappa shape index (κ3) is 7.97. The number of para-hydroxylation sites is 8. The number of carbonyl (C=O) groups is 4. The number of imide groups is 2. The molecule has 4 amide bonds. The summed E-state index contributed by atoms with van der Waals surface area (Å²) < 4.78 is 0. The van der Waals surface area contributed by atoms with E-state index in [1.54, 1.807) is 0 Å². The number of hydrogen-bond donors (Lipinski definition) is 0. The molecule has 0 aliphatic carbocycles. The van der Waals surface area contributed by atoms with Gasteiger partial charge in [-0.3, -0.25) is 19.2 Å². The van der Waals surface area contributed by atoms with Crippen molar-refractivity contribution in [2.45, 2.75) is 77.0 Å². The van der Waals surface area contributed by atoms with Crippen LogP contribution in [0.1, 0.15) is 141 Å². The molecule has 10 nitrogen and oxygen atoms in total. The Morgan fingerprint density at radius 3 is 0.520 bits per heavy atom. The molecule has 474 valence electrons. The van der Waals surface area contributed by atoms with E-state index in [0.717, 1.165) is 101 Å². The average Bonchev–Trinajstić information content (AvgIpc) is 1.36. The Hall–Kier alpha value is -11.9. The van der Waals surface area contributed by atoms with E-state index in [-0.39, 0.29) is 21.7 Å². The summed E-state index contributed by atoms with van der Waals surface area (Å²) in [6, 6.07) is 89.9. The number of anilines is 14. The molecule has 12 aromatic carbocycles. The predicted octanol–water partition coefficient (Wildman–Crippen LogP) is 21.4. The first-order valence-electron chi connectivity index (χ1n) is 33.7. The van der Waals surface area contributed by atoms with Gasteiger partial charge in [-0.15, -0.1) is 0 Å². The van der Waals surface area contributed by atoms with Gasteiger partial charge in [0.25, 0.3) is 23.6 Å². The topological polar surface area (TPSA) is 87.7 Å². The van der Waals surface area contributed by atoms with E-state index in [1.807, 2.05) is 121 Å². The van der Waals surface area contributed by atoms with Crippen LogP contribution in [0.25, 0.3) is 11.1 Å². The van der Waals surface area contributed by atoms with Gasteiger partial charge in [0.2, 0.25) is 0 Å². The lowest BCUT2D eigenvalue weighted by Gasteiger charge is -2.43. The summed E-state index contributed by atoms with van der Waals surface area (Å²) in [6.07, 6.45) is 0. The minimum Gasteiger partial charge on any atom is -0.309 e. The van der Waals surface area contributed by atoms with E-state index in [2.05, 4.69) is 221 Å².